The van der Waals surface area contributed by atoms with Gasteiger partial charge in [-0.05, 0) is 31.3 Å². The van der Waals surface area contributed by atoms with Crippen LogP contribution in [0.3, 0.4) is 0 Å². The fraction of sp³-hybridized carbons (Fsp3) is 0.455. The summed E-state index contributed by atoms with van der Waals surface area (Å²) in [4.78, 5) is 26.0. The predicted molar refractivity (Wildman–Crippen MR) is 115 cm³/mol. The van der Waals surface area contributed by atoms with Crippen molar-refractivity contribution < 1.29 is 9.53 Å². The van der Waals surface area contributed by atoms with Gasteiger partial charge in [0.25, 0.3) is 5.91 Å². The van der Waals surface area contributed by atoms with E-state index in [1.54, 1.807) is 13.3 Å². The Morgan fingerprint density at radius 2 is 1.62 bits per heavy atom. The zero-order chi connectivity index (χ0) is 20.2. The van der Waals surface area contributed by atoms with Crippen LogP contribution in [0, 0.1) is 0 Å². The topological polar surface area (TPSA) is 52.2 Å². The molecule has 0 spiro atoms. The molecule has 2 fully saturated rings. The fourth-order valence-corrected chi connectivity index (χ4v) is 4.00. The summed E-state index contributed by atoms with van der Waals surface area (Å²) >= 11 is 0. The molecule has 0 radical (unpaired) electrons. The van der Waals surface area contributed by atoms with Gasteiger partial charge in [0.1, 0.15) is 11.4 Å². The number of methoxy groups -OCH3 is 1. The molecule has 2 saturated heterocycles. The third kappa shape index (κ3) is 4.29. The van der Waals surface area contributed by atoms with Gasteiger partial charge in [0.2, 0.25) is 0 Å². The maximum absolute atomic E-state index is 12.9. The van der Waals surface area contributed by atoms with Gasteiger partial charge in [-0.3, -0.25) is 9.78 Å². The summed E-state index contributed by atoms with van der Waals surface area (Å²) in [7, 11) is 3.80. The number of para-hydroxylation sites is 2. The number of carbonyl (C=O) groups is 1. The van der Waals surface area contributed by atoms with Crippen LogP contribution in [0.2, 0.25) is 0 Å². The number of piperazine rings is 2. The van der Waals surface area contributed by atoms with Crippen molar-refractivity contribution in [3.8, 4) is 5.75 Å². The lowest BCUT2D eigenvalue weighted by Gasteiger charge is -2.38. The summed E-state index contributed by atoms with van der Waals surface area (Å²) in [5.74, 6) is 0.942. The Morgan fingerprint density at radius 3 is 2.34 bits per heavy atom. The van der Waals surface area contributed by atoms with Crippen LogP contribution in [0.15, 0.2) is 42.6 Å². The van der Waals surface area contributed by atoms with Crippen molar-refractivity contribution in [3.63, 3.8) is 0 Å². The first-order valence-corrected chi connectivity index (χ1v) is 10.2. The van der Waals surface area contributed by atoms with Gasteiger partial charge >= 0.3 is 0 Å². The molecule has 154 valence electrons. The summed E-state index contributed by atoms with van der Waals surface area (Å²) < 4.78 is 5.51. The van der Waals surface area contributed by atoms with E-state index in [1.165, 1.54) is 0 Å². The highest BCUT2D eigenvalue weighted by Gasteiger charge is 2.23. The second kappa shape index (κ2) is 8.69. The molecule has 7 nitrogen and oxygen atoms in total. The van der Waals surface area contributed by atoms with Crippen molar-refractivity contribution in [2.24, 2.45) is 0 Å². The summed E-state index contributed by atoms with van der Waals surface area (Å²) in [6.45, 7) is 6.95. The zero-order valence-corrected chi connectivity index (χ0v) is 17.3. The molecule has 3 heterocycles. The number of pyridine rings is 1. The molecule has 0 saturated carbocycles. The maximum atomic E-state index is 12.9. The lowest BCUT2D eigenvalue weighted by atomic mass is 10.2. The second-order valence-corrected chi connectivity index (χ2v) is 7.64. The van der Waals surface area contributed by atoms with Crippen LogP contribution < -0.4 is 14.5 Å². The van der Waals surface area contributed by atoms with Crippen molar-refractivity contribution in [2.45, 2.75) is 0 Å². The Morgan fingerprint density at radius 1 is 0.931 bits per heavy atom. The third-order valence-electron chi connectivity index (χ3n) is 5.82. The molecule has 2 aliphatic heterocycles. The Balaban J connectivity index is 1.41. The Bertz CT molecular complexity index is 843. The first-order valence-electron chi connectivity index (χ1n) is 10.2. The van der Waals surface area contributed by atoms with Gasteiger partial charge < -0.3 is 24.3 Å². The Labute approximate surface area is 172 Å². The van der Waals surface area contributed by atoms with E-state index < -0.39 is 0 Å². The molecule has 0 N–H and O–H groups in total. The monoisotopic (exact) mass is 395 g/mol. The van der Waals surface area contributed by atoms with E-state index in [4.69, 9.17) is 4.74 Å². The second-order valence-electron chi connectivity index (χ2n) is 7.64. The van der Waals surface area contributed by atoms with Crippen molar-refractivity contribution in [3.05, 3.63) is 48.3 Å². The number of hydrogen-bond donors (Lipinski definition) is 0. The molecule has 1 aromatic carbocycles. The molecule has 2 aliphatic rings. The van der Waals surface area contributed by atoms with Gasteiger partial charge in [-0.2, -0.15) is 0 Å². The van der Waals surface area contributed by atoms with Crippen LogP contribution in [0.5, 0.6) is 5.75 Å². The van der Waals surface area contributed by atoms with E-state index >= 15 is 0 Å². The van der Waals surface area contributed by atoms with E-state index in [-0.39, 0.29) is 5.91 Å². The molecular weight excluding hydrogens is 366 g/mol. The lowest BCUT2D eigenvalue weighted by Crippen LogP contribution is -2.47. The van der Waals surface area contributed by atoms with Crippen LogP contribution >= 0.6 is 0 Å². The van der Waals surface area contributed by atoms with E-state index in [1.807, 2.05) is 35.2 Å². The molecule has 4 rings (SSSR count). The summed E-state index contributed by atoms with van der Waals surface area (Å²) in [5.41, 5.74) is 2.74. The molecule has 2 aromatic rings. The number of benzene rings is 1. The zero-order valence-electron chi connectivity index (χ0n) is 17.3. The quantitative estimate of drug-likeness (QED) is 0.787. The average molecular weight is 396 g/mol. The Hall–Kier alpha value is -2.80. The number of likely N-dealkylation sites (N-methyl/N-ethyl adjacent to an activating group) is 1. The van der Waals surface area contributed by atoms with Gasteiger partial charge in [-0.25, -0.2) is 0 Å². The van der Waals surface area contributed by atoms with Crippen molar-refractivity contribution in [2.75, 3.05) is 76.3 Å². The van der Waals surface area contributed by atoms with Gasteiger partial charge in [-0.15, -0.1) is 0 Å². The largest absolute Gasteiger partial charge is 0.495 e. The fourth-order valence-electron chi connectivity index (χ4n) is 4.00. The number of amides is 1. The van der Waals surface area contributed by atoms with Crippen LogP contribution in [0.25, 0.3) is 0 Å². The third-order valence-corrected chi connectivity index (χ3v) is 5.82. The number of nitrogens with zero attached hydrogens (tertiary/aromatic N) is 5. The smallest absolute Gasteiger partial charge is 0.272 e. The normalized spacial score (nSPS) is 18.1. The van der Waals surface area contributed by atoms with Crippen molar-refractivity contribution >= 4 is 17.3 Å². The van der Waals surface area contributed by atoms with E-state index in [0.717, 1.165) is 69.5 Å². The number of ether oxygens (including phenoxy) is 1. The number of carbonyl (C=O) groups excluding carboxylic acids is 1. The minimum Gasteiger partial charge on any atom is -0.495 e. The van der Waals surface area contributed by atoms with Crippen molar-refractivity contribution in [1.82, 2.24) is 14.8 Å². The van der Waals surface area contributed by atoms with E-state index in [2.05, 4.69) is 32.8 Å². The lowest BCUT2D eigenvalue weighted by molar-refractivity contribution is 0.0658. The number of hydrogen-bond acceptors (Lipinski definition) is 6. The Kier molecular flexibility index (Phi) is 5.85. The first kappa shape index (κ1) is 19.5. The maximum Gasteiger partial charge on any atom is 0.272 e. The van der Waals surface area contributed by atoms with E-state index in [9.17, 15) is 4.79 Å². The highest BCUT2D eigenvalue weighted by Crippen LogP contribution is 2.29. The molecule has 0 bridgehead atoms. The molecular formula is C22H29N5O2. The van der Waals surface area contributed by atoms with Crippen molar-refractivity contribution in [1.29, 1.82) is 0 Å². The van der Waals surface area contributed by atoms with Gasteiger partial charge in [-0.1, -0.05) is 12.1 Å². The molecule has 0 atom stereocenters. The van der Waals surface area contributed by atoms with Crippen LogP contribution in [-0.2, 0) is 0 Å². The predicted octanol–water partition coefficient (Wildman–Crippen LogP) is 1.80. The van der Waals surface area contributed by atoms with Crippen LogP contribution in [0.1, 0.15) is 10.5 Å². The minimum atomic E-state index is 0.0348. The highest BCUT2D eigenvalue weighted by atomic mass is 16.5. The molecule has 0 unspecified atom stereocenters. The summed E-state index contributed by atoms with van der Waals surface area (Å²) in [6.07, 6.45) is 1.76. The number of anilines is 2. The van der Waals surface area contributed by atoms with E-state index in [0.29, 0.717) is 5.69 Å². The highest BCUT2D eigenvalue weighted by molar-refractivity contribution is 5.93. The van der Waals surface area contributed by atoms with Gasteiger partial charge in [0.05, 0.1) is 12.8 Å². The van der Waals surface area contributed by atoms with Crippen LogP contribution in [0.4, 0.5) is 11.4 Å². The summed E-state index contributed by atoms with van der Waals surface area (Å²) in [6, 6.07) is 12.1. The number of rotatable bonds is 4. The molecule has 29 heavy (non-hydrogen) atoms. The minimum absolute atomic E-state index is 0.0348. The summed E-state index contributed by atoms with van der Waals surface area (Å²) in [5, 5.41) is 0. The standard InChI is InChI=1S/C22H29N5O2/c1-24-9-11-27(12-10-24)22(28)19-17-18(7-8-23-19)25-13-15-26(16-14-25)20-5-3-4-6-21(20)29-2/h3-8,17H,9-16H2,1-2H3. The van der Waals surface area contributed by atoms with Crippen LogP contribution in [-0.4, -0.2) is 87.2 Å². The first-order chi connectivity index (χ1) is 14.2. The molecule has 1 amide bonds. The van der Waals surface area contributed by atoms with Gasteiger partial charge in [0.15, 0.2) is 0 Å². The average Bonchev–Trinajstić information content (AvgIpc) is 2.79. The SMILES string of the molecule is COc1ccccc1N1CCN(c2ccnc(C(=O)N3CCN(C)CC3)c2)CC1. The molecule has 7 heteroatoms. The molecule has 1 aromatic heterocycles. The number of aromatic nitrogens is 1. The molecule has 0 aliphatic carbocycles. The van der Waals surface area contributed by atoms with Gasteiger partial charge in [0, 0.05) is 64.2 Å².